The Kier molecular flexibility index (Phi) is 6.46. The van der Waals surface area contributed by atoms with Crippen molar-refractivity contribution in [3.63, 3.8) is 0 Å². The number of carbonyl (C=O) groups is 2. The molecule has 132 valence electrons. The van der Waals surface area contributed by atoms with Crippen molar-refractivity contribution in [2.24, 2.45) is 5.92 Å². The molecule has 0 bridgehead atoms. The van der Waals surface area contributed by atoms with Crippen molar-refractivity contribution in [1.82, 2.24) is 10.2 Å². The summed E-state index contributed by atoms with van der Waals surface area (Å²) < 4.78 is 4.82. The molecule has 0 aromatic heterocycles. The standard InChI is InChI=1S/C18H27N3O3/c1-4-14(2)16(17(22)24-3)19-18(23)21-12-10-20(11-13-21)15-8-6-5-7-9-15/h5-9,14,16H,4,10-13H2,1-3H3,(H,19,23)/t14-,16+/m1/s1. The average molecular weight is 333 g/mol. The van der Waals surface area contributed by atoms with Gasteiger partial charge in [-0.1, -0.05) is 38.5 Å². The van der Waals surface area contributed by atoms with Crippen LogP contribution in [0.15, 0.2) is 30.3 Å². The lowest BCUT2D eigenvalue weighted by Gasteiger charge is -2.37. The molecule has 2 amide bonds. The first-order chi connectivity index (χ1) is 11.6. The van der Waals surface area contributed by atoms with Crippen LogP contribution in [-0.4, -0.2) is 56.2 Å². The van der Waals surface area contributed by atoms with Crippen molar-refractivity contribution in [3.8, 4) is 0 Å². The molecule has 1 heterocycles. The van der Waals surface area contributed by atoms with Crippen LogP contribution in [-0.2, 0) is 9.53 Å². The number of anilines is 1. The molecule has 1 saturated heterocycles. The zero-order valence-electron chi connectivity index (χ0n) is 14.7. The number of piperazine rings is 1. The number of nitrogens with one attached hydrogen (secondary N) is 1. The molecule has 2 rings (SSSR count). The maximum atomic E-state index is 12.5. The third kappa shape index (κ3) is 4.40. The first-order valence-electron chi connectivity index (χ1n) is 8.50. The van der Waals surface area contributed by atoms with Gasteiger partial charge in [0.15, 0.2) is 0 Å². The van der Waals surface area contributed by atoms with E-state index in [1.165, 1.54) is 12.8 Å². The third-order valence-corrected chi connectivity index (χ3v) is 4.64. The fraction of sp³-hybridized carbons (Fsp3) is 0.556. The third-order valence-electron chi connectivity index (χ3n) is 4.64. The predicted molar refractivity (Wildman–Crippen MR) is 94.0 cm³/mol. The van der Waals surface area contributed by atoms with E-state index in [1.807, 2.05) is 32.0 Å². The zero-order chi connectivity index (χ0) is 17.5. The molecule has 0 spiro atoms. The van der Waals surface area contributed by atoms with E-state index in [-0.39, 0.29) is 17.9 Å². The molecule has 1 aromatic carbocycles. The first-order valence-corrected chi connectivity index (χ1v) is 8.50. The topological polar surface area (TPSA) is 61.9 Å². The van der Waals surface area contributed by atoms with Gasteiger partial charge in [0.1, 0.15) is 6.04 Å². The van der Waals surface area contributed by atoms with E-state index in [9.17, 15) is 9.59 Å². The molecule has 0 unspecified atom stereocenters. The number of para-hydroxylation sites is 1. The van der Waals surface area contributed by atoms with Gasteiger partial charge in [0.25, 0.3) is 0 Å². The Morgan fingerprint density at radius 3 is 2.33 bits per heavy atom. The summed E-state index contributed by atoms with van der Waals surface area (Å²) in [4.78, 5) is 28.4. The number of hydrogen-bond donors (Lipinski definition) is 1. The second-order valence-corrected chi connectivity index (χ2v) is 6.15. The van der Waals surface area contributed by atoms with Gasteiger partial charge in [-0.05, 0) is 18.1 Å². The summed E-state index contributed by atoms with van der Waals surface area (Å²) in [5, 5.41) is 2.84. The number of methoxy groups -OCH3 is 1. The molecular formula is C18H27N3O3. The predicted octanol–water partition coefficient (Wildman–Crippen LogP) is 2.11. The second-order valence-electron chi connectivity index (χ2n) is 6.15. The quantitative estimate of drug-likeness (QED) is 0.838. The Bertz CT molecular complexity index is 542. The van der Waals surface area contributed by atoms with E-state index in [4.69, 9.17) is 4.74 Å². The number of ether oxygens (including phenoxy) is 1. The van der Waals surface area contributed by atoms with Crippen molar-refractivity contribution in [2.45, 2.75) is 26.3 Å². The molecule has 6 nitrogen and oxygen atoms in total. The highest BCUT2D eigenvalue weighted by Gasteiger charge is 2.29. The van der Waals surface area contributed by atoms with E-state index >= 15 is 0 Å². The molecule has 24 heavy (non-hydrogen) atoms. The van der Waals surface area contributed by atoms with Crippen LogP contribution in [0.4, 0.5) is 10.5 Å². The van der Waals surface area contributed by atoms with Gasteiger partial charge in [0.2, 0.25) is 0 Å². The van der Waals surface area contributed by atoms with Crippen LogP contribution < -0.4 is 10.2 Å². The van der Waals surface area contributed by atoms with Crippen molar-refractivity contribution in [1.29, 1.82) is 0 Å². The fourth-order valence-electron chi connectivity index (χ4n) is 2.83. The van der Waals surface area contributed by atoms with Crippen LogP contribution in [0.1, 0.15) is 20.3 Å². The molecular weight excluding hydrogens is 306 g/mol. The van der Waals surface area contributed by atoms with E-state index in [0.29, 0.717) is 13.1 Å². The van der Waals surface area contributed by atoms with Gasteiger partial charge in [-0.3, -0.25) is 0 Å². The van der Waals surface area contributed by atoms with Crippen molar-refractivity contribution < 1.29 is 14.3 Å². The number of amides is 2. The van der Waals surface area contributed by atoms with Crippen LogP contribution in [0.2, 0.25) is 0 Å². The first kappa shape index (κ1) is 18.1. The van der Waals surface area contributed by atoms with Gasteiger partial charge < -0.3 is 19.9 Å². The number of urea groups is 1. The summed E-state index contributed by atoms with van der Waals surface area (Å²) in [6.45, 7) is 6.76. The minimum Gasteiger partial charge on any atom is -0.467 e. The maximum absolute atomic E-state index is 12.5. The summed E-state index contributed by atoms with van der Waals surface area (Å²) in [6, 6.07) is 9.38. The fourth-order valence-corrected chi connectivity index (χ4v) is 2.83. The van der Waals surface area contributed by atoms with Crippen molar-refractivity contribution >= 4 is 17.7 Å². The van der Waals surface area contributed by atoms with Crippen molar-refractivity contribution in [2.75, 3.05) is 38.2 Å². The Labute approximate surface area is 143 Å². The zero-order valence-corrected chi connectivity index (χ0v) is 14.7. The van der Waals surface area contributed by atoms with E-state index in [2.05, 4.69) is 22.3 Å². The van der Waals surface area contributed by atoms with Crippen LogP contribution in [0.5, 0.6) is 0 Å². The Hall–Kier alpha value is -2.24. The Morgan fingerprint density at radius 2 is 1.79 bits per heavy atom. The molecule has 0 aliphatic carbocycles. The van der Waals surface area contributed by atoms with Gasteiger partial charge in [0.05, 0.1) is 7.11 Å². The lowest BCUT2D eigenvalue weighted by molar-refractivity contribution is -0.144. The van der Waals surface area contributed by atoms with Gasteiger partial charge in [0, 0.05) is 31.9 Å². The van der Waals surface area contributed by atoms with Gasteiger partial charge in [-0.25, -0.2) is 9.59 Å². The summed E-state index contributed by atoms with van der Waals surface area (Å²) in [6.07, 6.45) is 0.793. The van der Waals surface area contributed by atoms with Crippen LogP contribution >= 0.6 is 0 Å². The Balaban J connectivity index is 1.91. The summed E-state index contributed by atoms with van der Waals surface area (Å²) in [5.74, 6) is -0.354. The molecule has 1 aromatic rings. The van der Waals surface area contributed by atoms with E-state index < -0.39 is 6.04 Å². The molecule has 1 N–H and O–H groups in total. The van der Waals surface area contributed by atoms with Crippen LogP contribution in [0.3, 0.4) is 0 Å². The van der Waals surface area contributed by atoms with Crippen LogP contribution in [0, 0.1) is 5.92 Å². The van der Waals surface area contributed by atoms with E-state index in [1.54, 1.807) is 4.90 Å². The minimum absolute atomic E-state index is 0.0343. The minimum atomic E-state index is -0.598. The van der Waals surface area contributed by atoms with Gasteiger partial charge >= 0.3 is 12.0 Å². The molecule has 0 saturated carbocycles. The summed E-state index contributed by atoms with van der Waals surface area (Å²) >= 11 is 0. The molecule has 2 atom stereocenters. The summed E-state index contributed by atoms with van der Waals surface area (Å²) in [7, 11) is 1.35. The molecule has 1 fully saturated rings. The monoisotopic (exact) mass is 333 g/mol. The molecule has 1 aliphatic rings. The highest BCUT2D eigenvalue weighted by atomic mass is 16.5. The van der Waals surface area contributed by atoms with Gasteiger partial charge in [-0.2, -0.15) is 0 Å². The molecule has 6 heteroatoms. The smallest absolute Gasteiger partial charge is 0.328 e. The van der Waals surface area contributed by atoms with E-state index in [0.717, 1.165) is 19.5 Å². The van der Waals surface area contributed by atoms with Crippen LogP contribution in [0.25, 0.3) is 0 Å². The number of esters is 1. The van der Waals surface area contributed by atoms with Crippen molar-refractivity contribution in [3.05, 3.63) is 30.3 Å². The number of rotatable bonds is 5. The highest BCUT2D eigenvalue weighted by molar-refractivity contribution is 5.84. The lowest BCUT2D eigenvalue weighted by atomic mass is 9.99. The average Bonchev–Trinajstić information content (AvgIpc) is 2.65. The molecule has 1 aliphatic heterocycles. The SMILES string of the molecule is CC[C@@H](C)[C@H](NC(=O)N1CCN(c2ccccc2)CC1)C(=O)OC. The number of hydrogen-bond acceptors (Lipinski definition) is 4. The number of carbonyl (C=O) groups excluding carboxylic acids is 2. The number of nitrogens with zero attached hydrogens (tertiary/aromatic N) is 2. The lowest BCUT2D eigenvalue weighted by Crippen LogP contribution is -2.56. The maximum Gasteiger partial charge on any atom is 0.328 e. The molecule has 0 radical (unpaired) electrons. The Morgan fingerprint density at radius 1 is 1.17 bits per heavy atom. The largest absolute Gasteiger partial charge is 0.467 e. The highest BCUT2D eigenvalue weighted by Crippen LogP contribution is 2.16. The van der Waals surface area contributed by atoms with Gasteiger partial charge in [-0.15, -0.1) is 0 Å². The number of benzene rings is 1. The normalized spacial score (nSPS) is 17.1. The second kappa shape index (κ2) is 8.57. The summed E-state index contributed by atoms with van der Waals surface area (Å²) in [5.41, 5.74) is 1.17.